The first-order chi connectivity index (χ1) is 4.63. The molecule has 0 saturated heterocycles. The van der Waals surface area contributed by atoms with Crippen LogP contribution in [0, 0.1) is 0 Å². The van der Waals surface area contributed by atoms with Gasteiger partial charge in [0.1, 0.15) is 0 Å². The van der Waals surface area contributed by atoms with Gasteiger partial charge in [-0.2, -0.15) is 0 Å². The van der Waals surface area contributed by atoms with Gasteiger partial charge in [0.2, 0.25) is 5.96 Å². The van der Waals surface area contributed by atoms with E-state index >= 15 is 0 Å². The maximum atomic E-state index is 5.44. The molecule has 0 aliphatic heterocycles. The fourth-order valence-corrected chi connectivity index (χ4v) is 0.591. The van der Waals surface area contributed by atoms with Crippen LogP contribution in [0.4, 0.5) is 0 Å². The van der Waals surface area contributed by atoms with E-state index in [1.165, 1.54) is 0 Å². The van der Waals surface area contributed by atoms with Gasteiger partial charge in [-0.25, -0.2) is 0 Å². The van der Waals surface area contributed by atoms with Crippen LogP contribution < -0.4 is 11.6 Å². The molecule has 4 N–H and O–H groups in total. The number of hydrogen-bond acceptors (Lipinski definition) is 2. The smallest absolute Gasteiger partial charge is 0.213 e. The zero-order chi connectivity index (χ0) is 8.15. The second kappa shape index (κ2) is 3.98. The second-order valence-corrected chi connectivity index (χ2v) is 2.36. The third-order valence-electron chi connectivity index (χ3n) is 1.75. The third kappa shape index (κ3) is 2.13. The van der Waals surface area contributed by atoms with Gasteiger partial charge in [-0.1, -0.05) is 6.92 Å². The third-order valence-corrected chi connectivity index (χ3v) is 1.75. The van der Waals surface area contributed by atoms with Crippen LogP contribution in [-0.4, -0.2) is 23.9 Å². The lowest BCUT2D eigenvalue weighted by Gasteiger charge is -2.23. The summed E-state index contributed by atoms with van der Waals surface area (Å²) < 4.78 is 0. The summed E-state index contributed by atoms with van der Waals surface area (Å²) >= 11 is 0. The molecule has 1 unspecified atom stereocenters. The summed E-state index contributed by atoms with van der Waals surface area (Å²) in [5, 5.41) is 3.38. The topological polar surface area (TPSA) is 67.6 Å². The fourth-order valence-electron chi connectivity index (χ4n) is 0.591. The van der Waals surface area contributed by atoms with E-state index in [2.05, 4.69) is 18.9 Å². The molecule has 0 aromatic rings. The van der Waals surface area contributed by atoms with E-state index in [1.807, 2.05) is 11.9 Å². The summed E-state index contributed by atoms with van der Waals surface area (Å²) in [6.45, 7) is 4.16. The van der Waals surface area contributed by atoms with E-state index in [0.29, 0.717) is 12.0 Å². The highest BCUT2D eigenvalue weighted by Crippen LogP contribution is 1.97. The standard InChI is InChI=1S/C6H16N4/c1-4-5(2)10(3)6(7)9-8/h5H,4,8H2,1-3H3,(H2,7,9). The molecule has 1 atom stereocenters. The van der Waals surface area contributed by atoms with Crippen molar-refractivity contribution in [1.29, 1.82) is 0 Å². The fraction of sp³-hybridized carbons (Fsp3) is 0.833. The molecule has 0 bridgehead atoms. The molecule has 4 heteroatoms. The number of guanidine groups is 1. The first-order valence-electron chi connectivity index (χ1n) is 3.39. The van der Waals surface area contributed by atoms with Crippen molar-refractivity contribution in [1.82, 2.24) is 4.90 Å². The predicted octanol–water partition coefficient (Wildman–Crippen LogP) is -0.0949. The highest BCUT2D eigenvalue weighted by molar-refractivity contribution is 5.77. The highest BCUT2D eigenvalue weighted by atomic mass is 15.3. The van der Waals surface area contributed by atoms with E-state index in [4.69, 9.17) is 11.6 Å². The first-order valence-corrected chi connectivity index (χ1v) is 3.39. The Bertz CT molecular complexity index is 121. The monoisotopic (exact) mass is 144 g/mol. The molecule has 0 amide bonds. The van der Waals surface area contributed by atoms with Gasteiger partial charge < -0.3 is 16.5 Å². The van der Waals surface area contributed by atoms with Crippen molar-refractivity contribution >= 4 is 5.96 Å². The maximum absolute atomic E-state index is 5.44. The minimum atomic E-state index is 0.384. The van der Waals surface area contributed by atoms with Crippen LogP contribution in [0.2, 0.25) is 0 Å². The Balaban J connectivity index is 3.94. The van der Waals surface area contributed by atoms with Crippen LogP contribution >= 0.6 is 0 Å². The molecule has 10 heavy (non-hydrogen) atoms. The Morgan fingerprint density at radius 1 is 1.70 bits per heavy atom. The number of rotatable bonds is 2. The summed E-state index contributed by atoms with van der Waals surface area (Å²) in [7, 11) is 1.87. The molecular weight excluding hydrogens is 128 g/mol. The Kier molecular flexibility index (Phi) is 3.61. The molecule has 60 valence electrons. The molecule has 0 saturated carbocycles. The lowest BCUT2D eigenvalue weighted by molar-refractivity contribution is 0.376. The molecule has 0 spiro atoms. The van der Waals surface area contributed by atoms with E-state index in [0.717, 1.165) is 6.42 Å². The molecule has 0 radical (unpaired) electrons. The Morgan fingerprint density at radius 3 is 2.50 bits per heavy atom. The summed E-state index contributed by atoms with van der Waals surface area (Å²) in [6.07, 6.45) is 1.03. The average Bonchev–Trinajstić information content (AvgIpc) is 2.00. The van der Waals surface area contributed by atoms with Crippen molar-refractivity contribution in [2.24, 2.45) is 16.7 Å². The Morgan fingerprint density at radius 2 is 2.20 bits per heavy atom. The van der Waals surface area contributed by atoms with Gasteiger partial charge in [0.05, 0.1) is 0 Å². The zero-order valence-electron chi connectivity index (χ0n) is 6.83. The number of nitrogens with two attached hydrogens (primary N) is 2. The maximum Gasteiger partial charge on any atom is 0.213 e. The number of hydrogen-bond donors (Lipinski definition) is 2. The minimum Gasteiger partial charge on any atom is -0.368 e. The van der Waals surface area contributed by atoms with Crippen LogP contribution in [0.3, 0.4) is 0 Å². The zero-order valence-corrected chi connectivity index (χ0v) is 6.83. The van der Waals surface area contributed by atoms with Crippen molar-refractivity contribution in [2.75, 3.05) is 7.05 Å². The highest BCUT2D eigenvalue weighted by Gasteiger charge is 2.07. The van der Waals surface area contributed by atoms with E-state index in [-0.39, 0.29) is 0 Å². The van der Waals surface area contributed by atoms with Gasteiger partial charge >= 0.3 is 0 Å². The largest absolute Gasteiger partial charge is 0.368 e. The summed E-state index contributed by atoms with van der Waals surface area (Å²) in [5.41, 5.74) is 5.44. The predicted molar refractivity (Wildman–Crippen MR) is 43.3 cm³/mol. The van der Waals surface area contributed by atoms with Gasteiger partial charge in [0.25, 0.3) is 0 Å². The SMILES string of the molecule is CCC(C)N(C)C(N)=NN. The molecule has 4 nitrogen and oxygen atoms in total. The van der Waals surface area contributed by atoms with Crippen LogP contribution in [0.5, 0.6) is 0 Å². The molecule has 0 aromatic carbocycles. The molecule has 0 aliphatic carbocycles. The van der Waals surface area contributed by atoms with Crippen LogP contribution in [0.15, 0.2) is 5.10 Å². The van der Waals surface area contributed by atoms with Crippen molar-refractivity contribution in [2.45, 2.75) is 26.3 Å². The number of hydrazone groups is 1. The van der Waals surface area contributed by atoms with Gasteiger partial charge in [-0.15, -0.1) is 5.10 Å². The van der Waals surface area contributed by atoms with E-state index < -0.39 is 0 Å². The van der Waals surface area contributed by atoms with Crippen molar-refractivity contribution < 1.29 is 0 Å². The van der Waals surface area contributed by atoms with Crippen molar-refractivity contribution in [3.8, 4) is 0 Å². The van der Waals surface area contributed by atoms with Crippen molar-refractivity contribution in [3.63, 3.8) is 0 Å². The normalized spacial score (nSPS) is 14.9. The first kappa shape index (κ1) is 9.07. The molecule has 0 rings (SSSR count). The van der Waals surface area contributed by atoms with E-state index in [9.17, 15) is 0 Å². The van der Waals surface area contributed by atoms with Gasteiger partial charge in [-0.3, -0.25) is 0 Å². The minimum absolute atomic E-state index is 0.384. The van der Waals surface area contributed by atoms with E-state index in [1.54, 1.807) is 0 Å². The summed E-state index contributed by atoms with van der Waals surface area (Å²) in [4.78, 5) is 1.85. The quantitative estimate of drug-likeness (QED) is 0.246. The average molecular weight is 144 g/mol. The lowest BCUT2D eigenvalue weighted by Crippen LogP contribution is -2.40. The van der Waals surface area contributed by atoms with Gasteiger partial charge in [0.15, 0.2) is 0 Å². The lowest BCUT2D eigenvalue weighted by atomic mass is 10.2. The molecule has 0 aromatic heterocycles. The van der Waals surface area contributed by atoms with Crippen LogP contribution in [0.25, 0.3) is 0 Å². The summed E-state index contributed by atoms with van der Waals surface area (Å²) in [5.74, 6) is 5.37. The Labute approximate surface area is 61.9 Å². The number of nitrogens with zero attached hydrogens (tertiary/aromatic N) is 2. The van der Waals surface area contributed by atoms with Gasteiger partial charge in [-0.05, 0) is 13.3 Å². The van der Waals surface area contributed by atoms with Gasteiger partial charge in [0, 0.05) is 13.1 Å². The van der Waals surface area contributed by atoms with Crippen molar-refractivity contribution in [3.05, 3.63) is 0 Å². The molecule has 0 aliphatic rings. The molecular formula is C6H16N4. The molecule has 0 fully saturated rings. The van der Waals surface area contributed by atoms with Crippen LogP contribution in [-0.2, 0) is 0 Å². The Hall–Kier alpha value is -0.930. The van der Waals surface area contributed by atoms with Crippen LogP contribution in [0.1, 0.15) is 20.3 Å². The summed E-state index contributed by atoms with van der Waals surface area (Å²) in [6, 6.07) is 0.396. The second-order valence-electron chi connectivity index (χ2n) is 2.36. The molecule has 0 heterocycles.